The van der Waals surface area contributed by atoms with Gasteiger partial charge in [0.25, 0.3) is 0 Å². The number of nitrogens with zero attached hydrogens (tertiary/aromatic N) is 3. The van der Waals surface area contributed by atoms with Crippen molar-refractivity contribution in [3.05, 3.63) is 59.0 Å². The Morgan fingerprint density at radius 2 is 2.08 bits per heavy atom. The van der Waals surface area contributed by atoms with Crippen molar-refractivity contribution in [1.29, 1.82) is 0 Å². The quantitative estimate of drug-likeness (QED) is 0.632. The standard InChI is InChI=1S/C19H22N6O/c1-26-12-15-9-14(24-25-15)10-21-19-16-7-8-20-11-17(16)22-18(23-19)13-5-3-2-4-6-13/h2-6,9,20H,7-8,10-12H2,1H3,(H,24,25)(H,21,22,23). The summed E-state index contributed by atoms with van der Waals surface area (Å²) in [7, 11) is 1.67. The summed E-state index contributed by atoms with van der Waals surface area (Å²) >= 11 is 0. The molecule has 7 nitrogen and oxygen atoms in total. The van der Waals surface area contributed by atoms with Crippen molar-refractivity contribution >= 4 is 5.82 Å². The summed E-state index contributed by atoms with van der Waals surface area (Å²) in [5, 5.41) is 14.1. The van der Waals surface area contributed by atoms with Gasteiger partial charge in [-0.2, -0.15) is 5.10 Å². The first-order chi connectivity index (χ1) is 12.8. The van der Waals surface area contributed by atoms with E-state index in [1.807, 2.05) is 36.4 Å². The third kappa shape index (κ3) is 3.58. The molecule has 0 saturated heterocycles. The van der Waals surface area contributed by atoms with Crippen molar-refractivity contribution in [1.82, 2.24) is 25.5 Å². The largest absolute Gasteiger partial charge is 0.378 e. The van der Waals surface area contributed by atoms with E-state index in [-0.39, 0.29) is 0 Å². The maximum absolute atomic E-state index is 5.11. The molecular weight excluding hydrogens is 328 g/mol. The lowest BCUT2D eigenvalue weighted by molar-refractivity contribution is 0.181. The van der Waals surface area contributed by atoms with E-state index < -0.39 is 0 Å². The van der Waals surface area contributed by atoms with E-state index in [9.17, 15) is 0 Å². The molecule has 0 fully saturated rings. The molecule has 3 aromatic rings. The first-order valence-corrected chi connectivity index (χ1v) is 8.75. The number of nitrogens with one attached hydrogen (secondary N) is 3. The van der Waals surface area contributed by atoms with E-state index in [1.165, 1.54) is 5.56 Å². The number of aromatic amines is 1. The van der Waals surface area contributed by atoms with Gasteiger partial charge in [0, 0.05) is 24.8 Å². The van der Waals surface area contributed by atoms with Gasteiger partial charge in [-0.15, -0.1) is 0 Å². The van der Waals surface area contributed by atoms with Crippen molar-refractivity contribution in [2.24, 2.45) is 0 Å². The average molecular weight is 350 g/mol. The highest BCUT2D eigenvalue weighted by Crippen LogP contribution is 2.25. The highest BCUT2D eigenvalue weighted by Gasteiger charge is 2.18. The molecule has 0 amide bonds. The molecule has 3 N–H and O–H groups in total. The highest BCUT2D eigenvalue weighted by molar-refractivity contribution is 5.60. The van der Waals surface area contributed by atoms with E-state index in [1.54, 1.807) is 7.11 Å². The Hall–Kier alpha value is -2.77. The minimum absolute atomic E-state index is 0.503. The summed E-state index contributed by atoms with van der Waals surface area (Å²) in [4.78, 5) is 9.58. The van der Waals surface area contributed by atoms with Gasteiger partial charge in [0.2, 0.25) is 0 Å². The van der Waals surface area contributed by atoms with Crippen molar-refractivity contribution in [2.45, 2.75) is 26.1 Å². The summed E-state index contributed by atoms with van der Waals surface area (Å²) in [5.41, 5.74) is 5.17. The molecular formula is C19H22N6O. The normalized spacial score (nSPS) is 13.4. The first-order valence-electron chi connectivity index (χ1n) is 8.75. The van der Waals surface area contributed by atoms with Gasteiger partial charge in [-0.05, 0) is 19.0 Å². The third-order valence-electron chi connectivity index (χ3n) is 4.39. The summed E-state index contributed by atoms with van der Waals surface area (Å²) in [6.07, 6.45) is 0.921. The Balaban J connectivity index is 1.61. The van der Waals surface area contributed by atoms with E-state index in [4.69, 9.17) is 14.7 Å². The van der Waals surface area contributed by atoms with E-state index >= 15 is 0 Å². The number of hydrogen-bond donors (Lipinski definition) is 3. The van der Waals surface area contributed by atoms with Crippen molar-refractivity contribution in [2.75, 3.05) is 19.0 Å². The molecule has 1 aliphatic heterocycles. The lowest BCUT2D eigenvalue weighted by Gasteiger charge is -2.20. The maximum Gasteiger partial charge on any atom is 0.161 e. The molecule has 0 bridgehead atoms. The molecule has 1 aromatic carbocycles. The minimum atomic E-state index is 0.503. The second-order valence-corrected chi connectivity index (χ2v) is 6.28. The number of fused-ring (bicyclic) bond motifs is 1. The molecule has 0 radical (unpaired) electrons. The van der Waals surface area contributed by atoms with Crippen LogP contribution in [0.2, 0.25) is 0 Å². The first kappa shape index (κ1) is 16.7. The number of methoxy groups -OCH3 is 1. The number of ether oxygens (including phenoxy) is 1. The minimum Gasteiger partial charge on any atom is -0.378 e. The maximum atomic E-state index is 5.11. The Morgan fingerprint density at radius 1 is 1.19 bits per heavy atom. The van der Waals surface area contributed by atoms with Gasteiger partial charge < -0.3 is 15.4 Å². The SMILES string of the molecule is COCc1cc(CNc2nc(-c3ccccc3)nc3c2CCNC3)[nH]n1. The fourth-order valence-electron chi connectivity index (χ4n) is 3.12. The van der Waals surface area contributed by atoms with Crippen LogP contribution < -0.4 is 10.6 Å². The van der Waals surface area contributed by atoms with Crippen LogP contribution in [0.4, 0.5) is 5.82 Å². The number of aromatic nitrogens is 4. The van der Waals surface area contributed by atoms with Crippen LogP contribution in [0.1, 0.15) is 22.6 Å². The summed E-state index contributed by atoms with van der Waals surface area (Å²) in [5.74, 6) is 1.65. The zero-order valence-electron chi connectivity index (χ0n) is 14.7. The van der Waals surface area contributed by atoms with Crippen LogP contribution in [-0.2, 0) is 30.9 Å². The lowest BCUT2D eigenvalue weighted by atomic mass is 10.1. The molecule has 0 aliphatic carbocycles. The predicted octanol–water partition coefficient (Wildman–Crippen LogP) is 2.27. The molecule has 0 spiro atoms. The smallest absolute Gasteiger partial charge is 0.161 e. The topological polar surface area (TPSA) is 87.8 Å². The number of hydrogen-bond acceptors (Lipinski definition) is 6. The van der Waals surface area contributed by atoms with Crippen LogP contribution in [0.3, 0.4) is 0 Å². The van der Waals surface area contributed by atoms with Crippen LogP contribution in [0.15, 0.2) is 36.4 Å². The molecule has 0 atom stereocenters. The third-order valence-corrected chi connectivity index (χ3v) is 4.39. The van der Waals surface area contributed by atoms with Gasteiger partial charge >= 0.3 is 0 Å². The number of anilines is 1. The van der Waals surface area contributed by atoms with Gasteiger partial charge in [-0.25, -0.2) is 9.97 Å². The van der Waals surface area contributed by atoms with Crippen LogP contribution in [0.25, 0.3) is 11.4 Å². The molecule has 3 heterocycles. The monoisotopic (exact) mass is 350 g/mol. The Morgan fingerprint density at radius 3 is 2.92 bits per heavy atom. The van der Waals surface area contributed by atoms with Crippen LogP contribution in [0.5, 0.6) is 0 Å². The van der Waals surface area contributed by atoms with E-state index in [0.29, 0.717) is 13.2 Å². The molecule has 1 aliphatic rings. The van der Waals surface area contributed by atoms with Gasteiger partial charge in [-0.1, -0.05) is 30.3 Å². The van der Waals surface area contributed by atoms with E-state index in [0.717, 1.165) is 53.8 Å². The molecule has 0 unspecified atom stereocenters. The van der Waals surface area contributed by atoms with Crippen molar-refractivity contribution < 1.29 is 4.74 Å². The van der Waals surface area contributed by atoms with Crippen molar-refractivity contribution in [3.63, 3.8) is 0 Å². The Kier molecular flexibility index (Phi) is 4.90. The molecule has 4 rings (SSSR count). The van der Waals surface area contributed by atoms with Gasteiger partial charge in [0.1, 0.15) is 5.82 Å². The number of benzene rings is 1. The van der Waals surface area contributed by atoms with Gasteiger partial charge in [0.05, 0.1) is 30.2 Å². The molecule has 134 valence electrons. The second-order valence-electron chi connectivity index (χ2n) is 6.28. The lowest BCUT2D eigenvalue weighted by Crippen LogP contribution is -2.26. The van der Waals surface area contributed by atoms with Gasteiger partial charge in [0.15, 0.2) is 5.82 Å². The zero-order chi connectivity index (χ0) is 17.8. The van der Waals surface area contributed by atoms with Crippen LogP contribution in [0, 0.1) is 0 Å². The molecule has 0 saturated carbocycles. The number of H-pyrrole nitrogens is 1. The second kappa shape index (κ2) is 7.63. The van der Waals surface area contributed by atoms with Crippen LogP contribution in [-0.4, -0.2) is 33.8 Å². The molecule has 2 aromatic heterocycles. The molecule has 26 heavy (non-hydrogen) atoms. The molecule has 7 heteroatoms. The number of rotatable bonds is 6. The average Bonchev–Trinajstić information content (AvgIpc) is 3.14. The fourth-order valence-corrected chi connectivity index (χ4v) is 3.12. The Bertz CT molecular complexity index is 877. The van der Waals surface area contributed by atoms with Crippen molar-refractivity contribution in [3.8, 4) is 11.4 Å². The predicted molar refractivity (Wildman–Crippen MR) is 99.5 cm³/mol. The highest BCUT2D eigenvalue weighted by atomic mass is 16.5. The summed E-state index contributed by atoms with van der Waals surface area (Å²) in [6.45, 7) is 2.84. The summed E-state index contributed by atoms with van der Waals surface area (Å²) in [6, 6.07) is 12.1. The van der Waals surface area contributed by atoms with Crippen LogP contribution >= 0.6 is 0 Å². The van der Waals surface area contributed by atoms with Gasteiger partial charge in [-0.3, -0.25) is 5.10 Å². The van der Waals surface area contributed by atoms with E-state index in [2.05, 4.69) is 20.8 Å². The Labute approximate surface area is 152 Å². The summed E-state index contributed by atoms with van der Waals surface area (Å²) < 4.78 is 5.11. The fraction of sp³-hybridized carbons (Fsp3) is 0.316. The zero-order valence-corrected chi connectivity index (χ0v) is 14.7.